The van der Waals surface area contributed by atoms with E-state index >= 15 is 0 Å². The van der Waals surface area contributed by atoms with E-state index in [1.807, 2.05) is 0 Å². The predicted molar refractivity (Wildman–Crippen MR) is 96.7 cm³/mol. The minimum Gasteiger partial charge on any atom is -0.292 e. The van der Waals surface area contributed by atoms with Gasteiger partial charge in [0.2, 0.25) is 5.91 Å². The Labute approximate surface area is 152 Å². The second kappa shape index (κ2) is 7.59. The molecule has 0 saturated carbocycles. The first-order valence-electron chi connectivity index (χ1n) is 8.55. The molecule has 4 nitrogen and oxygen atoms in total. The lowest BCUT2D eigenvalue weighted by molar-refractivity contribution is -0.131. The van der Waals surface area contributed by atoms with Crippen LogP contribution in [0.5, 0.6) is 0 Å². The van der Waals surface area contributed by atoms with Crippen molar-refractivity contribution in [1.82, 2.24) is 9.80 Å². The molecular weight excluding hydrogens is 337 g/mol. The van der Waals surface area contributed by atoms with Crippen molar-refractivity contribution >= 4 is 17.7 Å². The van der Waals surface area contributed by atoms with Crippen LogP contribution in [0.25, 0.3) is 0 Å². The van der Waals surface area contributed by atoms with Crippen LogP contribution in [0.15, 0.2) is 34.9 Å². The number of nitriles is 1. The Morgan fingerprint density at radius 2 is 2.08 bits per heavy atom. The fourth-order valence-corrected chi connectivity index (χ4v) is 4.34. The Balaban J connectivity index is 1.84. The van der Waals surface area contributed by atoms with Crippen molar-refractivity contribution in [2.45, 2.75) is 32.6 Å². The van der Waals surface area contributed by atoms with Gasteiger partial charge in [0, 0.05) is 18.9 Å². The Morgan fingerprint density at radius 3 is 2.72 bits per heavy atom. The zero-order chi connectivity index (χ0) is 18.0. The fraction of sp³-hybridized carbons (Fsp3) is 0.474. The van der Waals surface area contributed by atoms with Crippen molar-refractivity contribution in [1.29, 1.82) is 5.26 Å². The number of carbonyl (C=O) groups excluding carboxylic acids is 1. The van der Waals surface area contributed by atoms with Crippen LogP contribution >= 0.6 is 11.8 Å². The second-order valence-electron chi connectivity index (χ2n) is 6.95. The van der Waals surface area contributed by atoms with E-state index < -0.39 is 0 Å². The summed E-state index contributed by atoms with van der Waals surface area (Å²) in [7, 11) is 0. The molecule has 1 aromatic rings. The van der Waals surface area contributed by atoms with Gasteiger partial charge in [0.25, 0.3) is 0 Å². The first-order chi connectivity index (χ1) is 12.0. The summed E-state index contributed by atoms with van der Waals surface area (Å²) in [4.78, 5) is 16.7. The number of nitrogens with zero attached hydrogens (tertiary/aromatic N) is 3. The maximum Gasteiger partial charge on any atom is 0.229 e. The largest absolute Gasteiger partial charge is 0.292 e. The average Bonchev–Trinajstić information content (AvgIpc) is 2.60. The highest BCUT2D eigenvalue weighted by Gasteiger charge is 2.38. The second-order valence-corrected chi connectivity index (χ2v) is 7.89. The Kier molecular flexibility index (Phi) is 5.45. The first-order valence-corrected chi connectivity index (χ1v) is 9.53. The number of hydrogen-bond acceptors (Lipinski definition) is 4. The van der Waals surface area contributed by atoms with E-state index in [1.165, 1.54) is 12.1 Å². The normalized spacial score (nSPS) is 21.5. The molecule has 0 spiro atoms. The molecule has 1 aromatic carbocycles. The number of hydrogen-bond donors (Lipinski definition) is 0. The summed E-state index contributed by atoms with van der Waals surface area (Å²) >= 11 is 1.56. The molecule has 1 atom stereocenters. The minimum absolute atomic E-state index is 0.0325. The van der Waals surface area contributed by atoms with E-state index in [9.17, 15) is 14.4 Å². The average molecular weight is 359 g/mol. The van der Waals surface area contributed by atoms with E-state index in [4.69, 9.17) is 0 Å². The van der Waals surface area contributed by atoms with Crippen LogP contribution in [-0.4, -0.2) is 34.8 Å². The van der Waals surface area contributed by atoms with Gasteiger partial charge in [0.05, 0.1) is 29.2 Å². The number of halogens is 1. The van der Waals surface area contributed by atoms with Gasteiger partial charge in [-0.05, 0) is 30.0 Å². The standard InChI is InChI=1S/C19H22FN3OS/c1-13(2)7-8-22-11-23-18(24)9-16(14-3-5-15(20)6-4-14)17(10-21)19(23)25-12-22/h3-6,13,16H,7-9,11-12H2,1-2H3. The summed E-state index contributed by atoms with van der Waals surface area (Å²) < 4.78 is 13.2. The molecule has 0 bridgehead atoms. The molecule has 1 unspecified atom stereocenters. The van der Waals surface area contributed by atoms with Gasteiger partial charge in [-0.25, -0.2) is 4.39 Å². The minimum atomic E-state index is -0.313. The number of allylic oxidation sites excluding steroid dienone is 1. The van der Waals surface area contributed by atoms with Crippen LogP contribution in [0.2, 0.25) is 0 Å². The van der Waals surface area contributed by atoms with Crippen LogP contribution in [0.3, 0.4) is 0 Å². The number of fused-ring (bicyclic) bond motifs is 1. The van der Waals surface area contributed by atoms with E-state index in [0.29, 0.717) is 18.2 Å². The lowest BCUT2D eigenvalue weighted by atomic mass is 9.86. The molecule has 25 heavy (non-hydrogen) atoms. The molecule has 3 rings (SSSR count). The van der Waals surface area contributed by atoms with Crippen molar-refractivity contribution < 1.29 is 9.18 Å². The van der Waals surface area contributed by atoms with Crippen LogP contribution < -0.4 is 0 Å². The summed E-state index contributed by atoms with van der Waals surface area (Å²) in [6, 6.07) is 8.41. The Bertz CT molecular complexity index is 723. The Morgan fingerprint density at radius 1 is 1.36 bits per heavy atom. The van der Waals surface area contributed by atoms with Gasteiger partial charge in [-0.2, -0.15) is 5.26 Å². The zero-order valence-corrected chi connectivity index (χ0v) is 15.4. The maximum atomic E-state index is 13.2. The summed E-state index contributed by atoms with van der Waals surface area (Å²) in [6.07, 6.45) is 1.35. The van der Waals surface area contributed by atoms with Crippen LogP contribution in [0.1, 0.15) is 38.2 Å². The van der Waals surface area contributed by atoms with Crippen molar-refractivity contribution in [3.8, 4) is 6.07 Å². The highest BCUT2D eigenvalue weighted by Crippen LogP contribution is 2.42. The highest BCUT2D eigenvalue weighted by molar-refractivity contribution is 8.03. The number of carbonyl (C=O) groups is 1. The van der Waals surface area contributed by atoms with Crippen molar-refractivity contribution in [3.63, 3.8) is 0 Å². The quantitative estimate of drug-likeness (QED) is 0.818. The first kappa shape index (κ1) is 18.0. The molecule has 1 saturated heterocycles. The topological polar surface area (TPSA) is 47.3 Å². The summed E-state index contributed by atoms with van der Waals surface area (Å²) in [5, 5.41) is 10.5. The number of rotatable bonds is 4. The van der Waals surface area contributed by atoms with Gasteiger partial charge < -0.3 is 0 Å². The lowest BCUT2D eigenvalue weighted by Gasteiger charge is -2.41. The molecule has 0 N–H and O–H groups in total. The lowest BCUT2D eigenvalue weighted by Crippen LogP contribution is -2.47. The van der Waals surface area contributed by atoms with E-state index in [0.717, 1.165) is 29.4 Å². The molecular formula is C19H22FN3OS. The smallest absolute Gasteiger partial charge is 0.229 e. The van der Waals surface area contributed by atoms with Crippen LogP contribution in [0.4, 0.5) is 4.39 Å². The molecule has 1 fully saturated rings. The summed E-state index contributed by atoms with van der Waals surface area (Å²) in [5.74, 6) is 0.847. The molecule has 0 aromatic heterocycles. The van der Waals surface area contributed by atoms with Gasteiger partial charge in [-0.1, -0.05) is 37.7 Å². The molecule has 132 valence electrons. The molecule has 0 aliphatic carbocycles. The number of thioether (sulfide) groups is 1. The predicted octanol–water partition coefficient (Wildman–Crippen LogP) is 3.89. The van der Waals surface area contributed by atoms with E-state index in [-0.39, 0.29) is 24.1 Å². The van der Waals surface area contributed by atoms with Crippen LogP contribution in [0, 0.1) is 23.1 Å². The zero-order valence-electron chi connectivity index (χ0n) is 14.5. The van der Waals surface area contributed by atoms with Crippen molar-refractivity contribution in [2.24, 2.45) is 5.92 Å². The monoisotopic (exact) mass is 359 g/mol. The fourth-order valence-electron chi connectivity index (χ4n) is 3.17. The van der Waals surface area contributed by atoms with E-state index in [2.05, 4.69) is 24.8 Å². The highest BCUT2D eigenvalue weighted by atomic mass is 32.2. The molecule has 6 heteroatoms. The molecule has 1 amide bonds. The third-order valence-corrected chi connectivity index (χ3v) is 5.85. The number of benzene rings is 1. The molecule has 2 heterocycles. The summed E-state index contributed by atoms with van der Waals surface area (Å²) in [6.45, 7) is 5.88. The number of amides is 1. The van der Waals surface area contributed by atoms with Gasteiger partial charge in [-0.15, -0.1) is 0 Å². The van der Waals surface area contributed by atoms with Gasteiger partial charge in [0.15, 0.2) is 0 Å². The molecule has 0 radical (unpaired) electrons. The Hall–Kier alpha value is -1.84. The van der Waals surface area contributed by atoms with Gasteiger partial charge in [0.1, 0.15) is 5.82 Å². The van der Waals surface area contributed by atoms with E-state index in [1.54, 1.807) is 28.8 Å². The van der Waals surface area contributed by atoms with Gasteiger partial charge in [-0.3, -0.25) is 14.6 Å². The van der Waals surface area contributed by atoms with Crippen molar-refractivity contribution in [2.75, 3.05) is 19.1 Å². The molecule has 2 aliphatic rings. The van der Waals surface area contributed by atoms with Gasteiger partial charge >= 0.3 is 0 Å². The maximum absolute atomic E-state index is 13.2. The summed E-state index contributed by atoms with van der Waals surface area (Å²) in [5.41, 5.74) is 1.45. The van der Waals surface area contributed by atoms with Crippen LogP contribution in [-0.2, 0) is 4.79 Å². The third-order valence-electron chi connectivity index (χ3n) is 4.64. The molecule has 2 aliphatic heterocycles. The third kappa shape index (κ3) is 3.88. The van der Waals surface area contributed by atoms with Crippen molar-refractivity contribution in [3.05, 3.63) is 46.2 Å². The SMILES string of the molecule is CC(C)CCN1CSC2=C(C#N)C(c3ccc(F)cc3)CC(=O)N2C1.